The fraction of sp³-hybridized carbons (Fsp3) is 0.538. The number of halogens is 4. The molecule has 3 amide bonds. The van der Waals surface area contributed by atoms with Crippen LogP contribution in [0, 0.1) is 23.1 Å². The Morgan fingerprint density at radius 2 is 1.74 bits per heavy atom. The molecule has 3 aromatic carbocycles. The lowest BCUT2D eigenvalue weighted by atomic mass is 9.67. The van der Waals surface area contributed by atoms with E-state index in [1.54, 1.807) is 32.4 Å². The van der Waals surface area contributed by atoms with E-state index in [1.807, 2.05) is 29.2 Å². The largest absolute Gasteiger partial charge is 0.497 e. The molecule has 3 N–H and O–H groups in total. The Labute approximate surface area is 394 Å². The summed E-state index contributed by atoms with van der Waals surface area (Å²) in [5, 5.41) is 8.51. The molecule has 8 rings (SSSR count). The molecule has 0 bridgehead atoms. The van der Waals surface area contributed by atoms with E-state index in [0.717, 1.165) is 41.8 Å². The molecule has 0 spiro atoms. The Hall–Kier alpha value is -5.48. The lowest BCUT2D eigenvalue weighted by molar-refractivity contribution is -0.217. The number of fused-ring (bicyclic) bond motifs is 1. The highest BCUT2D eigenvalue weighted by molar-refractivity contribution is 6.00. The van der Waals surface area contributed by atoms with Crippen molar-refractivity contribution in [1.29, 1.82) is 0 Å². The number of nitrogens with zero attached hydrogens (tertiary/aromatic N) is 3. The second-order valence-electron chi connectivity index (χ2n) is 20.9. The van der Waals surface area contributed by atoms with E-state index >= 15 is 4.39 Å². The van der Waals surface area contributed by atoms with Crippen molar-refractivity contribution in [2.24, 2.45) is 24.3 Å². The zero-order valence-electron chi connectivity index (χ0n) is 39.9. The third kappa shape index (κ3) is 10.4. The van der Waals surface area contributed by atoms with E-state index in [4.69, 9.17) is 9.47 Å². The molecule has 68 heavy (non-hydrogen) atoms. The number of imide groups is 1. The van der Waals surface area contributed by atoms with Crippen molar-refractivity contribution in [3.05, 3.63) is 94.2 Å². The van der Waals surface area contributed by atoms with Crippen LogP contribution in [-0.2, 0) is 31.6 Å². The number of anilines is 2. The molecule has 2 saturated heterocycles. The van der Waals surface area contributed by atoms with Crippen molar-refractivity contribution in [2.45, 2.75) is 121 Å². The molecule has 4 aromatic rings. The number of ether oxygens (including phenoxy) is 2. The van der Waals surface area contributed by atoms with Gasteiger partial charge in [-0.1, -0.05) is 24.3 Å². The SMILES string of the molecule is COc1ccc([C@]2(CCN(CC3CC=C(c4ccc(NC(=O)C5CC(Nc6ccc7c(c6)n(C)c(=O)n7C6CCC(=O)NC6=O)C5)c(F)c4)CC3)CC(C)(C)C(F)(F)F)CCOC(C)(C)C2)cc1. The van der Waals surface area contributed by atoms with E-state index in [-0.39, 0.29) is 71.5 Å². The number of imidazole rings is 1. The number of methoxy groups -OCH3 is 1. The van der Waals surface area contributed by atoms with Crippen LogP contribution in [0.1, 0.15) is 109 Å². The Morgan fingerprint density at radius 3 is 2.38 bits per heavy atom. The van der Waals surface area contributed by atoms with Crippen molar-refractivity contribution in [3.63, 3.8) is 0 Å². The molecule has 1 aromatic heterocycles. The predicted molar refractivity (Wildman–Crippen MR) is 254 cm³/mol. The summed E-state index contributed by atoms with van der Waals surface area (Å²) in [4.78, 5) is 52.7. The van der Waals surface area contributed by atoms with Gasteiger partial charge < -0.3 is 25.0 Å². The number of nitrogens with one attached hydrogen (secondary N) is 3. The molecule has 16 heteroatoms. The standard InChI is InChI=1S/C52H64F4N6O6/c1-49(2,52(54,55)56)31-61(23-21-51(22-24-68-50(3,4)30-51)36-12-15-39(67-6)16-13-36)29-32-7-9-33(10-8-32)34-11-17-41(40(53)27-34)58-46(64)35-25-38(26-35)57-37-14-18-42-44(28-37)60(5)48(66)62(42)43-19-20-45(63)59-47(43)65/h9,11-18,27-28,32,35,38,43,57H,7-8,10,19-26,29-31H2,1-6H3,(H,58,64)(H,59,63,65)/t32?,35?,38?,43?,51-/m1/s1. The molecule has 366 valence electrons. The van der Waals surface area contributed by atoms with E-state index in [0.29, 0.717) is 68.4 Å². The maximum Gasteiger partial charge on any atom is 0.395 e. The number of aryl methyl sites for hydroxylation is 1. The first-order chi connectivity index (χ1) is 32.1. The van der Waals surface area contributed by atoms with Crippen molar-refractivity contribution in [1.82, 2.24) is 19.4 Å². The van der Waals surface area contributed by atoms with Crippen LogP contribution >= 0.6 is 0 Å². The topological polar surface area (TPSA) is 136 Å². The molecule has 1 saturated carbocycles. The first kappa shape index (κ1) is 49.0. The number of rotatable bonds is 15. The summed E-state index contributed by atoms with van der Waals surface area (Å²) in [6, 6.07) is 17.5. The number of alkyl halides is 3. The Bertz CT molecular complexity index is 2630. The van der Waals surface area contributed by atoms with Crippen LogP contribution in [0.15, 0.2) is 71.5 Å². The van der Waals surface area contributed by atoms with Gasteiger partial charge in [-0.05, 0) is 157 Å². The summed E-state index contributed by atoms with van der Waals surface area (Å²) in [5.41, 5.74) is 1.95. The quantitative estimate of drug-likeness (QED) is 0.0794. The normalized spacial score (nSPS) is 24.3. The van der Waals surface area contributed by atoms with Crippen LogP contribution in [0.5, 0.6) is 5.75 Å². The van der Waals surface area contributed by atoms with E-state index < -0.39 is 29.4 Å². The average Bonchev–Trinajstić information content (AvgIpc) is 3.51. The maximum absolute atomic E-state index is 15.6. The van der Waals surface area contributed by atoms with Gasteiger partial charge in [-0.3, -0.25) is 28.8 Å². The summed E-state index contributed by atoms with van der Waals surface area (Å²) in [6.45, 7) is 8.16. The molecular formula is C52H64F4N6O6. The molecule has 12 nitrogen and oxygen atoms in total. The van der Waals surface area contributed by atoms with Gasteiger partial charge in [0.15, 0.2) is 0 Å². The van der Waals surface area contributed by atoms with Gasteiger partial charge in [0.25, 0.3) is 0 Å². The highest BCUT2D eigenvalue weighted by Gasteiger charge is 2.49. The molecular weight excluding hydrogens is 881 g/mol. The van der Waals surface area contributed by atoms with Gasteiger partial charge >= 0.3 is 11.9 Å². The zero-order chi connectivity index (χ0) is 48.8. The maximum atomic E-state index is 15.6. The number of carbonyl (C=O) groups excluding carboxylic acids is 3. The molecule has 4 aliphatic rings. The van der Waals surface area contributed by atoms with E-state index in [9.17, 15) is 32.3 Å². The second kappa shape index (κ2) is 19.1. The molecule has 2 aliphatic carbocycles. The lowest BCUT2D eigenvalue weighted by Crippen LogP contribution is -2.48. The van der Waals surface area contributed by atoms with Gasteiger partial charge in [-0.25, -0.2) is 9.18 Å². The third-order valence-corrected chi connectivity index (χ3v) is 15.0. The Balaban J connectivity index is 0.865. The molecule has 3 fully saturated rings. The number of amides is 3. The monoisotopic (exact) mass is 944 g/mol. The summed E-state index contributed by atoms with van der Waals surface area (Å²) < 4.78 is 73.2. The average molecular weight is 945 g/mol. The minimum Gasteiger partial charge on any atom is -0.497 e. The van der Waals surface area contributed by atoms with Crippen LogP contribution in [-0.4, -0.2) is 82.9 Å². The van der Waals surface area contributed by atoms with E-state index in [1.165, 1.54) is 29.0 Å². The highest BCUT2D eigenvalue weighted by Crippen LogP contribution is 2.46. The van der Waals surface area contributed by atoms with Crippen molar-refractivity contribution >= 4 is 45.7 Å². The first-order valence-electron chi connectivity index (χ1n) is 23.8. The van der Waals surface area contributed by atoms with Crippen molar-refractivity contribution in [3.8, 4) is 5.75 Å². The summed E-state index contributed by atoms with van der Waals surface area (Å²) in [5.74, 6) is -1.13. The van der Waals surface area contributed by atoms with Crippen LogP contribution in [0.3, 0.4) is 0 Å². The van der Waals surface area contributed by atoms with Crippen molar-refractivity contribution in [2.75, 3.05) is 44.0 Å². The molecule has 0 radical (unpaired) electrons. The molecule has 3 heterocycles. The Kier molecular flexibility index (Phi) is 13.8. The van der Waals surface area contributed by atoms with Gasteiger partial charge in [-0.15, -0.1) is 0 Å². The fourth-order valence-corrected chi connectivity index (χ4v) is 10.9. The van der Waals surface area contributed by atoms with Crippen LogP contribution in [0.2, 0.25) is 0 Å². The molecule has 2 unspecified atom stereocenters. The fourth-order valence-electron chi connectivity index (χ4n) is 10.9. The van der Waals surface area contributed by atoms with Gasteiger partial charge in [0.05, 0.1) is 34.8 Å². The van der Waals surface area contributed by atoms with Crippen molar-refractivity contribution < 1.29 is 41.4 Å². The summed E-state index contributed by atoms with van der Waals surface area (Å²) >= 11 is 0. The number of benzene rings is 3. The first-order valence-corrected chi connectivity index (χ1v) is 23.8. The third-order valence-electron chi connectivity index (χ3n) is 15.0. The number of hydrogen-bond acceptors (Lipinski definition) is 8. The molecule has 2 aliphatic heterocycles. The Morgan fingerprint density at radius 1 is 0.985 bits per heavy atom. The van der Waals surface area contributed by atoms with Crippen LogP contribution in [0.4, 0.5) is 28.9 Å². The smallest absolute Gasteiger partial charge is 0.395 e. The number of aromatic nitrogens is 2. The number of carbonyl (C=O) groups is 3. The zero-order valence-corrected chi connectivity index (χ0v) is 39.9. The number of allylic oxidation sites excluding steroid dienone is 2. The number of hydrogen-bond donors (Lipinski definition) is 3. The minimum atomic E-state index is -4.37. The summed E-state index contributed by atoms with van der Waals surface area (Å²) in [6.07, 6.45) is 3.40. The predicted octanol–water partition coefficient (Wildman–Crippen LogP) is 9.29. The van der Waals surface area contributed by atoms with Gasteiger partial charge in [0, 0.05) is 56.2 Å². The van der Waals surface area contributed by atoms with Gasteiger partial charge in [-0.2, -0.15) is 13.2 Å². The lowest BCUT2D eigenvalue weighted by Gasteiger charge is -2.47. The van der Waals surface area contributed by atoms with Crippen LogP contribution < -0.4 is 26.4 Å². The minimum absolute atomic E-state index is 0.0228. The molecule has 3 atom stereocenters. The van der Waals surface area contributed by atoms with Gasteiger partial charge in [0.1, 0.15) is 17.6 Å². The summed E-state index contributed by atoms with van der Waals surface area (Å²) in [7, 11) is 3.26. The van der Waals surface area contributed by atoms with Gasteiger partial charge in [0.2, 0.25) is 17.7 Å². The number of piperidine rings is 1. The van der Waals surface area contributed by atoms with E-state index in [2.05, 4.69) is 48.0 Å². The highest BCUT2D eigenvalue weighted by atomic mass is 19.4. The van der Waals surface area contributed by atoms with Crippen LogP contribution in [0.25, 0.3) is 16.6 Å². The second-order valence-corrected chi connectivity index (χ2v) is 20.9.